The average molecular weight is 192 g/mol. The molecule has 0 saturated heterocycles. The van der Waals surface area contributed by atoms with Crippen molar-refractivity contribution in [3.63, 3.8) is 0 Å². The van der Waals surface area contributed by atoms with E-state index in [-0.39, 0.29) is 12.2 Å². The molecule has 0 amide bonds. The van der Waals surface area contributed by atoms with Gasteiger partial charge >= 0.3 is 0 Å². The van der Waals surface area contributed by atoms with Gasteiger partial charge in [0.15, 0.2) is 5.78 Å². The third kappa shape index (κ3) is 1.43. The van der Waals surface area contributed by atoms with Crippen LogP contribution in [0.5, 0.6) is 0 Å². The average Bonchev–Trinajstić information content (AvgIpc) is 2.17. The SMILES string of the molecule is O=C1CC(C(=O)[O-])NC2=C1CCC=C2. The molecule has 0 aromatic rings. The number of hydrogen-bond acceptors (Lipinski definition) is 4. The Labute approximate surface area is 81.3 Å². The van der Waals surface area contributed by atoms with E-state index in [0.717, 1.165) is 12.0 Å². The van der Waals surface area contributed by atoms with Gasteiger partial charge < -0.3 is 15.2 Å². The van der Waals surface area contributed by atoms with Gasteiger partial charge in [-0.1, -0.05) is 6.08 Å². The minimum atomic E-state index is -1.22. The zero-order valence-electron chi connectivity index (χ0n) is 7.58. The number of allylic oxidation sites excluding steroid dienone is 3. The van der Waals surface area contributed by atoms with Gasteiger partial charge in [-0.3, -0.25) is 4.79 Å². The normalized spacial score (nSPS) is 25.7. The van der Waals surface area contributed by atoms with Crippen molar-refractivity contribution in [3.8, 4) is 0 Å². The van der Waals surface area contributed by atoms with Crippen molar-refractivity contribution < 1.29 is 14.7 Å². The first kappa shape index (κ1) is 8.99. The highest BCUT2D eigenvalue weighted by molar-refractivity contribution is 6.00. The van der Waals surface area contributed by atoms with Crippen molar-refractivity contribution in [3.05, 3.63) is 23.4 Å². The van der Waals surface area contributed by atoms with Crippen LogP contribution in [0.2, 0.25) is 0 Å². The molecular formula is C10H10NO3-. The largest absolute Gasteiger partial charge is 0.548 e. The van der Waals surface area contributed by atoms with Crippen LogP contribution in [0.25, 0.3) is 0 Å². The van der Waals surface area contributed by atoms with Crippen LogP contribution in [0.4, 0.5) is 0 Å². The number of carboxylic acid groups (broad SMARTS) is 1. The van der Waals surface area contributed by atoms with Crippen LogP contribution in [-0.4, -0.2) is 17.8 Å². The highest BCUT2D eigenvalue weighted by atomic mass is 16.4. The van der Waals surface area contributed by atoms with Crippen LogP contribution >= 0.6 is 0 Å². The van der Waals surface area contributed by atoms with Gasteiger partial charge in [-0.15, -0.1) is 0 Å². The van der Waals surface area contributed by atoms with Crippen molar-refractivity contribution >= 4 is 11.8 Å². The topological polar surface area (TPSA) is 69.2 Å². The van der Waals surface area contributed by atoms with Crippen molar-refractivity contribution in [1.29, 1.82) is 0 Å². The molecule has 1 aliphatic carbocycles. The first-order chi connectivity index (χ1) is 6.68. The second-order valence-electron chi connectivity index (χ2n) is 3.48. The Hall–Kier alpha value is -1.58. The highest BCUT2D eigenvalue weighted by Crippen LogP contribution is 2.24. The lowest BCUT2D eigenvalue weighted by Crippen LogP contribution is -2.49. The fourth-order valence-electron chi connectivity index (χ4n) is 1.78. The quantitative estimate of drug-likeness (QED) is 0.594. The van der Waals surface area contributed by atoms with Crippen molar-refractivity contribution in [2.75, 3.05) is 0 Å². The zero-order chi connectivity index (χ0) is 10.1. The standard InChI is InChI=1S/C10H11NO3/c12-9-5-8(10(13)14)11-7-4-2-1-3-6(7)9/h2,4,8,11H,1,3,5H2,(H,13,14)/p-1. The molecule has 0 aromatic heterocycles. The van der Waals surface area contributed by atoms with E-state index in [1.165, 1.54) is 0 Å². The second-order valence-corrected chi connectivity index (χ2v) is 3.48. The van der Waals surface area contributed by atoms with Gasteiger partial charge in [-0.05, 0) is 18.9 Å². The van der Waals surface area contributed by atoms with E-state index >= 15 is 0 Å². The molecule has 4 heteroatoms. The smallest absolute Gasteiger partial charge is 0.163 e. The maximum absolute atomic E-state index is 11.5. The molecule has 1 N–H and O–H groups in total. The van der Waals surface area contributed by atoms with E-state index in [9.17, 15) is 14.7 Å². The molecule has 0 spiro atoms. The maximum atomic E-state index is 11.5. The lowest BCUT2D eigenvalue weighted by molar-refractivity contribution is -0.308. The number of hydrogen-bond donors (Lipinski definition) is 1. The Bertz CT molecular complexity index is 354. The summed E-state index contributed by atoms with van der Waals surface area (Å²) in [5, 5.41) is 13.4. The molecule has 1 unspecified atom stereocenters. The lowest BCUT2D eigenvalue weighted by atomic mass is 9.90. The number of rotatable bonds is 1. The van der Waals surface area contributed by atoms with Gasteiger partial charge in [0.25, 0.3) is 0 Å². The molecule has 4 nitrogen and oxygen atoms in total. The minimum Gasteiger partial charge on any atom is -0.548 e. The fraction of sp³-hybridized carbons (Fsp3) is 0.400. The van der Waals surface area contributed by atoms with E-state index in [1.54, 1.807) is 6.08 Å². The molecule has 0 aromatic carbocycles. The van der Waals surface area contributed by atoms with Crippen LogP contribution < -0.4 is 10.4 Å². The van der Waals surface area contributed by atoms with E-state index in [0.29, 0.717) is 12.1 Å². The van der Waals surface area contributed by atoms with Gasteiger partial charge in [0.2, 0.25) is 0 Å². The Morgan fingerprint density at radius 2 is 2.36 bits per heavy atom. The second kappa shape index (κ2) is 3.29. The number of nitrogens with one attached hydrogen (secondary N) is 1. The highest BCUT2D eigenvalue weighted by Gasteiger charge is 2.27. The van der Waals surface area contributed by atoms with Gasteiger partial charge in [0, 0.05) is 17.7 Å². The monoisotopic (exact) mass is 192 g/mol. The van der Waals surface area contributed by atoms with Crippen LogP contribution in [0, 0.1) is 0 Å². The van der Waals surface area contributed by atoms with E-state index in [2.05, 4.69) is 5.32 Å². The molecule has 14 heavy (non-hydrogen) atoms. The molecule has 0 radical (unpaired) electrons. The van der Waals surface area contributed by atoms with Crippen LogP contribution in [0.3, 0.4) is 0 Å². The molecule has 2 rings (SSSR count). The molecular weight excluding hydrogens is 182 g/mol. The summed E-state index contributed by atoms with van der Waals surface area (Å²) >= 11 is 0. The van der Waals surface area contributed by atoms with E-state index < -0.39 is 12.0 Å². The number of carboxylic acids is 1. The number of Topliss-reactive ketones (excluding diaryl/α,β-unsaturated/α-hetero) is 1. The Morgan fingerprint density at radius 3 is 3.07 bits per heavy atom. The third-order valence-electron chi connectivity index (χ3n) is 2.51. The molecule has 1 aliphatic heterocycles. The van der Waals surface area contributed by atoms with Crippen LogP contribution in [0.15, 0.2) is 23.4 Å². The molecule has 0 bridgehead atoms. The number of carbonyl (C=O) groups excluding carboxylic acids is 2. The van der Waals surface area contributed by atoms with E-state index in [4.69, 9.17) is 0 Å². The summed E-state index contributed by atoms with van der Waals surface area (Å²) < 4.78 is 0. The molecule has 74 valence electrons. The summed E-state index contributed by atoms with van der Waals surface area (Å²) in [7, 11) is 0. The maximum Gasteiger partial charge on any atom is 0.163 e. The zero-order valence-corrected chi connectivity index (χ0v) is 7.58. The summed E-state index contributed by atoms with van der Waals surface area (Å²) in [6.07, 6.45) is 5.26. The van der Waals surface area contributed by atoms with Gasteiger partial charge in [0.1, 0.15) is 0 Å². The molecule has 1 atom stereocenters. The van der Waals surface area contributed by atoms with Gasteiger partial charge in [0.05, 0.1) is 12.0 Å². The van der Waals surface area contributed by atoms with Crippen molar-refractivity contribution in [2.24, 2.45) is 0 Å². The Balaban J connectivity index is 2.28. The summed E-state index contributed by atoms with van der Waals surface area (Å²) in [5.41, 5.74) is 1.38. The Morgan fingerprint density at radius 1 is 1.57 bits per heavy atom. The summed E-state index contributed by atoms with van der Waals surface area (Å²) in [4.78, 5) is 22.1. The first-order valence-electron chi connectivity index (χ1n) is 4.59. The number of aliphatic carboxylic acids is 1. The predicted octanol–water partition coefficient (Wildman–Crippen LogP) is -0.729. The van der Waals surface area contributed by atoms with Crippen LogP contribution in [-0.2, 0) is 9.59 Å². The molecule has 1 heterocycles. The Kier molecular flexibility index (Phi) is 2.11. The first-order valence-corrected chi connectivity index (χ1v) is 4.59. The van der Waals surface area contributed by atoms with Crippen molar-refractivity contribution in [1.82, 2.24) is 5.32 Å². The van der Waals surface area contributed by atoms with E-state index in [1.807, 2.05) is 6.08 Å². The summed E-state index contributed by atoms with van der Waals surface area (Å²) in [5.74, 6) is -1.29. The third-order valence-corrected chi connectivity index (χ3v) is 2.51. The molecule has 0 fully saturated rings. The number of carbonyl (C=O) groups is 2. The fourth-order valence-corrected chi connectivity index (χ4v) is 1.78. The van der Waals surface area contributed by atoms with Crippen LogP contribution in [0.1, 0.15) is 19.3 Å². The predicted molar refractivity (Wildman–Crippen MR) is 47.0 cm³/mol. The van der Waals surface area contributed by atoms with Gasteiger partial charge in [-0.2, -0.15) is 0 Å². The molecule has 0 saturated carbocycles. The minimum absolute atomic E-state index is 0.00894. The summed E-state index contributed by atoms with van der Waals surface area (Å²) in [6.45, 7) is 0. The van der Waals surface area contributed by atoms with Gasteiger partial charge in [-0.25, -0.2) is 0 Å². The van der Waals surface area contributed by atoms with Crippen molar-refractivity contribution in [2.45, 2.75) is 25.3 Å². The lowest BCUT2D eigenvalue weighted by Gasteiger charge is -2.29. The number of ketones is 1. The summed E-state index contributed by atoms with van der Waals surface area (Å²) in [6, 6.07) is -0.871. The molecule has 2 aliphatic rings.